The third-order valence-electron chi connectivity index (χ3n) is 3.19. The number of halogens is 1. The molecule has 0 bridgehead atoms. The first-order valence-corrected chi connectivity index (χ1v) is 9.97. The summed E-state index contributed by atoms with van der Waals surface area (Å²) in [6.45, 7) is 4.55. The van der Waals surface area contributed by atoms with E-state index in [1.54, 1.807) is 5.12 Å². The van der Waals surface area contributed by atoms with E-state index in [9.17, 15) is 0 Å². The van der Waals surface area contributed by atoms with Gasteiger partial charge in [-0.1, -0.05) is 0 Å². The number of rotatable bonds is 9. The van der Waals surface area contributed by atoms with Crippen molar-refractivity contribution in [3.05, 3.63) is 23.9 Å². The van der Waals surface area contributed by atoms with Crippen LogP contribution in [0.3, 0.4) is 0 Å². The quantitative estimate of drug-likeness (QED) is 0.110. The van der Waals surface area contributed by atoms with E-state index >= 15 is 0 Å². The molecule has 2 atom stereocenters. The molecular weight excluding hydrogens is 377 g/mol. The van der Waals surface area contributed by atoms with Crippen LogP contribution in [0.2, 0.25) is 0 Å². The summed E-state index contributed by atoms with van der Waals surface area (Å²) in [6.07, 6.45) is 10.3. The van der Waals surface area contributed by atoms with E-state index in [1.807, 2.05) is 14.1 Å². The molecule has 0 unspecified atom stereocenters. The number of alkyl halides is 1. The molecule has 0 aromatic carbocycles. The van der Waals surface area contributed by atoms with Gasteiger partial charge in [0.25, 0.3) is 0 Å². The first-order valence-electron chi connectivity index (χ1n) is 7.48. The Morgan fingerprint density at radius 1 is 1.52 bits per heavy atom. The molecule has 0 aliphatic carbocycles. The van der Waals surface area contributed by atoms with Crippen LogP contribution < -0.4 is 37.8 Å². The first kappa shape index (κ1) is 18.8. The van der Waals surface area contributed by atoms with E-state index in [1.165, 1.54) is 19.3 Å². The second-order valence-electron chi connectivity index (χ2n) is 5.53. The summed E-state index contributed by atoms with van der Waals surface area (Å²) in [7, 11) is 3.72. The summed E-state index contributed by atoms with van der Waals surface area (Å²) in [4.78, 5) is 4.44. The Labute approximate surface area is 139 Å². The van der Waals surface area contributed by atoms with Gasteiger partial charge in [-0.15, -0.1) is 0 Å². The van der Waals surface area contributed by atoms with E-state index in [0.717, 1.165) is 11.6 Å². The van der Waals surface area contributed by atoms with E-state index < -0.39 is 0 Å². The van der Waals surface area contributed by atoms with Gasteiger partial charge in [0.15, 0.2) is 0 Å². The number of hydrogen-bond donors (Lipinski definition) is 3. The number of unbranched alkanes of at least 4 members (excludes halogenated alkanes) is 1. The number of nitrogens with two attached hydrogens (primary N) is 1. The SMILES string of the molecule is CNN(C)N[C@H](N)C1=C[C@H](/C=C/CCCC(C)C)[I-]C=N1. The van der Waals surface area contributed by atoms with Gasteiger partial charge in [0, 0.05) is 0 Å². The van der Waals surface area contributed by atoms with Crippen molar-refractivity contribution in [1.82, 2.24) is 16.0 Å². The molecule has 21 heavy (non-hydrogen) atoms. The van der Waals surface area contributed by atoms with Crippen LogP contribution in [-0.2, 0) is 0 Å². The molecule has 0 radical (unpaired) electrons. The second kappa shape index (κ2) is 10.4. The zero-order valence-corrected chi connectivity index (χ0v) is 15.7. The molecule has 1 aliphatic heterocycles. The molecule has 0 amide bonds. The van der Waals surface area contributed by atoms with Crippen molar-refractivity contribution < 1.29 is 21.2 Å². The predicted molar refractivity (Wildman–Crippen MR) is 86.1 cm³/mol. The zero-order valence-electron chi connectivity index (χ0n) is 13.5. The van der Waals surface area contributed by atoms with Gasteiger partial charge in [0.05, 0.1) is 0 Å². The van der Waals surface area contributed by atoms with Crippen molar-refractivity contribution in [2.24, 2.45) is 16.6 Å². The topological polar surface area (TPSA) is 65.7 Å². The van der Waals surface area contributed by atoms with Gasteiger partial charge in [0.1, 0.15) is 0 Å². The number of hydrazine groups is 2. The van der Waals surface area contributed by atoms with Crippen LogP contribution in [0.4, 0.5) is 0 Å². The maximum absolute atomic E-state index is 6.11. The number of nitrogens with zero attached hydrogens (tertiary/aromatic N) is 2. The van der Waals surface area contributed by atoms with E-state index in [0.29, 0.717) is 3.92 Å². The Hall–Kier alpha value is -0.280. The molecule has 0 saturated heterocycles. The second-order valence-corrected chi connectivity index (χ2v) is 8.25. The van der Waals surface area contributed by atoms with Crippen LogP contribution in [0.25, 0.3) is 0 Å². The van der Waals surface area contributed by atoms with Crippen LogP contribution in [0.15, 0.2) is 28.9 Å². The molecule has 0 aromatic rings. The Morgan fingerprint density at radius 2 is 2.29 bits per heavy atom. The molecule has 0 fully saturated rings. The Kier molecular flexibility index (Phi) is 9.34. The van der Waals surface area contributed by atoms with Crippen molar-refractivity contribution >= 4 is 4.22 Å². The summed E-state index contributed by atoms with van der Waals surface area (Å²) < 4.78 is 2.58. The molecule has 0 spiro atoms. The third kappa shape index (κ3) is 8.06. The molecule has 0 saturated carbocycles. The summed E-state index contributed by atoms with van der Waals surface area (Å²) in [5, 5.41) is 1.74. The Balaban J connectivity index is 2.43. The number of hydrogen-bond acceptors (Lipinski definition) is 5. The molecule has 1 aliphatic rings. The third-order valence-corrected chi connectivity index (χ3v) is 5.39. The van der Waals surface area contributed by atoms with Gasteiger partial charge in [0.2, 0.25) is 0 Å². The van der Waals surface area contributed by atoms with E-state index in [-0.39, 0.29) is 27.4 Å². The van der Waals surface area contributed by atoms with Crippen molar-refractivity contribution in [2.75, 3.05) is 14.1 Å². The molecular formula is C15H29IN5-. The average Bonchev–Trinajstić information content (AvgIpc) is 2.46. The summed E-state index contributed by atoms with van der Waals surface area (Å²) in [5.41, 5.74) is 13.1. The molecule has 4 N–H and O–H groups in total. The summed E-state index contributed by atoms with van der Waals surface area (Å²) in [6, 6.07) is 0. The maximum atomic E-state index is 6.11. The molecule has 1 rings (SSSR count). The van der Waals surface area contributed by atoms with Gasteiger partial charge in [-0.05, 0) is 0 Å². The molecule has 6 heteroatoms. The summed E-state index contributed by atoms with van der Waals surface area (Å²) in [5.74, 6) is 0.798. The van der Waals surface area contributed by atoms with Crippen LogP contribution in [0.5, 0.6) is 0 Å². The number of aliphatic imine (C=N–C) groups is 1. The Morgan fingerprint density at radius 3 is 2.95 bits per heavy atom. The normalized spacial score (nSPS) is 20.9. The fraction of sp³-hybridized carbons (Fsp3) is 0.667. The van der Waals surface area contributed by atoms with Crippen molar-refractivity contribution in [2.45, 2.75) is 43.2 Å². The van der Waals surface area contributed by atoms with Gasteiger partial charge in [-0.3, -0.25) is 0 Å². The molecule has 122 valence electrons. The minimum atomic E-state index is -0.278. The number of allylic oxidation sites excluding steroid dienone is 3. The summed E-state index contributed by atoms with van der Waals surface area (Å²) >= 11 is -0.0313. The van der Waals surface area contributed by atoms with Crippen molar-refractivity contribution in [3.63, 3.8) is 0 Å². The van der Waals surface area contributed by atoms with Gasteiger partial charge in [-0.2, -0.15) is 0 Å². The Bertz CT molecular complexity index is 378. The number of nitrogens with one attached hydrogen (secondary N) is 2. The van der Waals surface area contributed by atoms with Crippen molar-refractivity contribution in [1.29, 1.82) is 0 Å². The van der Waals surface area contributed by atoms with Crippen LogP contribution in [-0.4, -0.2) is 33.5 Å². The molecule has 1 heterocycles. The average molecular weight is 406 g/mol. The van der Waals surface area contributed by atoms with Crippen LogP contribution >= 0.6 is 0 Å². The van der Waals surface area contributed by atoms with Gasteiger partial charge < -0.3 is 0 Å². The fourth-order valence-corrected chi connectivity index (χ4v) is 3.85. The van der Waals surface area contributed by atoms with Crippen LogP contribution in [0.1, 0.15) is 33.1 Å². The van der Waals surface area contributed by atoms with Crippen molar-refractivity contribution in [3.8, 4) is 0 Å². The first-order chi connectivity index (χ1) is 10.0. The van der Waals surface area contributed by atoms with E-state index in [4.69, 9.17) is 5.73 Å². The minimum absolute atomic E-state index is 0.0313. The van der Waals surface area contributed by atoms with Gasteiger partial charge in [-0.25, -0.2) is 0 Å². The molecule has 5 nitrogen and oxygen atoms in total. The predicted octanol–water partition coefficient (Wildman–Crippen LogP) is -1.39. The fourth-order valence-electron chi connectivity index (χ4n) is 1.88. The monoisotopic (exact) mass is 406 g/mol. The molecule has 0 aromatic heterocycles. The van der Waals surface area contributed by atoms with Crippen LogP contribution in [0, 0.1) is 5.92 Å². The standard InChI is InChI=1S/C15H29IN5/c1-12(2)8-6-5-7-9-13-10-14(19-11-16-13)15(17)20-21(4)18-3/h7,9-13,15,18,20H,5-6,8,17H2,1-4H3/q-1/b9-7+/t13-,15-/m0/s1. The van der Waals surface area contributed by atoms with Gasteiger partial charge >= 0.3 is 139 Å². The zero-order chi connectivity index (χ0) is 15.7. The van der Waals surface area contributed by atoms with E-state index in [2.05, 4.69) is 52.1 Å².